The first-order valence-electron chi connectivity index (χ1n) is 7.15. The van der Waals surface area contributed by atoms with Gasteiger partial charge in [0, 0.05) is 6.04 Å². The number of nitrogens with one attached hydrogen (secondary N) is 1. The molecule has 0 aromatic carbocycles. The summed E-state index contributed by atoms with van der Waals surface area (Å²) in [5, 5.41) is 7.77. The Balaban J connectivity index is 2.26. The largest absolute Gasteiger partial charge is 0.319 e. The van der Waals surface area contributed by atoms with Crippen molar-refractivity contribution in [3.63, 3.8) is 0 Å². The Labute approximate surface area is 130 Å². The van der Waals surface area contributed by atoms with Crippen molar-refractivity contribution < 1.29 is 4.79 Å². The van der Waals surface area contributed by atoms with Crippen molar-refractivity contribution in [2.24, 2.45) is 0 Å². The molecule has 5 heteroatoms. The van der Waals surface area contributed by atoms with Crippen molar-refractivity contribution in [3.8, 4) is 0 Å². The fourth-order valence-corrected chi connectivity index (χ4v) is 3.90. The molecular weight excluding hydrogens is 288 g/mol. The van der Waals surface area contributed by atoms with E-state index in [0.29, 0.717) is 0 Å². The van der Waals surface area contributed by atoms with Crippen molar-refractivity contribution in [1.29, 1.82) is 0 Å². The molecule has 3 unspecified atom stereocenters. The molecule has 0 aliphatic carbocycles. The van der Waals surface area contributed by atoms with Gasteiger partial charge in [-0.3, -0.25) is 10.1 Å². The van der Waals surface area contributed by atoms with Gasteiger partial charge < -0.3 is 4.90 Å². The van der Waals surface area contributed by atoms with Crippen LogP contribution in [0.5, 0.6) is 0 Å². The van der Waals surface area contributed by atoms with Crippen LogP contribution < -0.4 is 5.32 Å². The van der Waals surface area contributed by atoms with Gasteiger partial charge in [-0.15, -0.1) is 0 Å². The smallest absolute Gasteiger partial charge is 0.244 e. The maximum atomic E-state index is 12.8. The van der Waals surface area contributed by atoms with Crippen LogP contribution in [0.4, 0.5) is 0 Å². The minimum atomic E-state index is -0.430. The molecule has 20 heavy (non-hydrogen) atoms. The van der Waals surface area contributed by atoms with Crippen molar-refractivity contribution in [3.05, 3.63) is 22.4 Å². The van der Waals surface area contributed by atoms with Crippen LogP contribution in [0.15, 0.2) is 16.8 Å². The molecule has 2 rings (SSSR count). The van der Waals surface area contributed by atoms with Crippen molar-refractivity contribution in [2.75, 3.05) is 12.0 Å². The lowest BCUT2D eigenvalue weighted by atomic mass is 9.99. The highest BCUT2D eigenvalue weighted by Crippen LogP contribution is 2.35. The van der Waals surface area contributed by atoms with Gasteiger partial charge in [0.1, 0.15) is 6.17 Å². The number of hydrogen-bond acceptors (Lipinski definition) is 4. The number of rotatable bonds is 6. The lowest BCUT2D eigenvalue weighted by Crippen LogP contribution is -2.44. The van der Waals surface area contributed by atoms with E-state index in [9.17, 15) is 4.79 Å². The van der Waals surface area contributed by atoms with Crippen LogP contribution >= 0.6 is 23.1 Å². The maximum Gasteiger partial charge on any atom is 0.244 e. The molecule has 0 saturated carbocycles. The van der Waals surface area contributed by atoms with Crippen LogP contribution in [0.25, 0.3) is 0 Å². The molecule has 2 heterocycles. The average Bonchev–Trinajstić information content (AvgIpc) is 3.05. The van der Waals surface area contributed by atoms with Crippen LogP contribution in [0.1, 0.15) is 45.3 Å². The van der Waals surface area contributed by atoms with Crippen LogP contribution in [0.2, 0.25) is 0 Å². The maximum absolute atomic E-state index is 12.8. The molecule has 3 nitrogen and oxygen atoms in total. The zero-order chi connectivity index (χ0) is 14.8. The third kappa shape index (κ3) is 2.90. The normalized spacial score (nSPS) is 28.1. The Morgan fingerprint density at radius 3 is 2.90 bits per heavy atom. The zero-order valence-corrected chi connectivity index (χ0v) is 14.3. The molecule has 112 valence electrons. The standard InChI is InChI=1S/C15H24N2OS2/c1-5-15(3)14(18)17(11(2)6-8-19-4)13(16-15)12-7-9-20-10-12/h7,9-11,13,16H,5-6,8H2,1-4H3. The van der Waals surface area contributed by atoms with Gasteiger partial charge in [-0.05, 0) is 61.1 Å². The minimum Gasteiger partial charge on any atom is -0.319 e. The van der Waals surface area contributed by atoms with Crippen LogP contribution in [-0.2, 0) is 4.79 Å². The van der Waals surface area contributed by atoms with Gasteiger partial charge in [-0.25, -0.2) is 0 Å². The number of nitrogens with zero attached hydrogens (tertiary/aromatic N) is 1. The quantitative estimate of drug-likeness (QED) is 0.872. The molecular formula is C15H24N2OS2. The monoisotopic (exact) mass is 312 g/mol. The molecule has 1 N–H and O–H groups in total. The van der Waals surface area contributed by atoms with E-state index in [1.165, 1.54) is 5.56 Å². The second-order valence-corrected chi connectivity index (χ2v) is 7.40. The van der Waals surface area contributed by atoms with Crippen molar-refractivity contribution >= 4 is 29.0 Å². The first-order valence-corrected chi connectivity index (χ1v) is 9.48. The second-order valence-electron chi connectivity index (χ2n) is 5.63. The molecule has 1 amide bonds. The number of amides is 1. The highest BCUT2D eigenvalue weighted by molar-refractivity contribution is 7.98. The van der Waals surface area contributed by atoms with E-state index < -0.39 is 5.54 Å². The molecule has 1 aromatic heterocycles. The molecule has 0 bridgehead atoms. The van der Waals surface area contributed by atoms with Gasteiger partial charge in [-0.1, -0.05) is 6.92 Å². The summed E-state index contributed by atoms with van der Waals surface area (Å²) < 4.78 is 0. The second kappa shape index (κ2) is 6.50. The Kier molecular flexibility index (Phi) is 5.15. The molecule has 1 aliphatic rings. The van der Waals surface area contributed by atoms with E-state index >= 15 is 0 Å². The zero-order valence-electron chi connectivity index (χ0n) is 12.7. The third-order valence-electron chi connectivity index (χ3n) is 4.22. The minimum absolute atomic E-state index is 0.0237. The fraction of sp³-hybridized carbons (Fsp3) is 0.667. The number of carbonyl (C=O) groups excluding carboxylic acids is 1. The lowest BCUT2D eigenvalue weighted by Gasteiger charge is -2.30. The summed E-state index contributed by atoms with van der Waals surface area (Å²) in [4.78, 5) is 14.9. The third-order valence-corrected chi connectivity index (χ3v) is 5.57. The number of thioether (sulfide) groups is 1. The summed E-state index contributed by atoms with van der Waals surface area (Å²) >= 11 is 3.52. The molecule has 1 aliphatic heterocycles. The molecule has 0 radical (unpaired) electrons. The molecule has 3 atom stereocenters. The predicted octanol–water partition coefficient (Wildman–Crippen LogP) is 3.49. The Bertz CT molecular complexity index is 449. The highest BCUT2D eigenvalue weighted by Gasteiger charge is 2.48. The summed E-state index contributed by atoms with van der Waals surface area (Å²) in [6.07, 6.45) is 3.99. The summed E-state index contributed by atoms with van der Waals surface area (Å²) in [5.41, 5.74) is 0.775. The number of carbonyl (C=O) groups is 1. The topological polar surface area (TPSA) is 32.3 Å². The Morgan fingerprint density at radius 1 is 1.60 bits per heavy atom. The number of hydrogen-bond donors (Lipinski definition) is 1. The van der Waals surface area contributed by atoms with Crippen molar-refractivity contribution in [2.45, 2.75) is 51.4 Å². The molecule has 1 fully saturated rings. The Morgan fingerprint density at radius 2 is 2.35 bits per heavy atom. The SMILES string of the molecule is CCC1(C)NC(c2ccsc2)N(C(C)CCSC)C1=O. The van der Waals surface area contributed by atoms with Crippen LogP contribution in [-0.4, -0.2) is 34.4 Å². The van der Waals surface area contributed by atoms with E-state index in [-0.39, 0.29) is 18.1 Å². The average molecular weight is 313 g/mol. The lowest BCUT2D eigenvalue weighted by molar-refractivity contribution is -0.134. The summed E-state index contributed by atoms with van der Waals surface area (Å²) in [7, 11) is 0. The molecule has 1 aromatic rings. The van der Waals surface area contributed by atoms with Gasteiger partial charge in [0.15, 0.2) is 0 Å². The van der Waals surface area contributed by atoms with Gasteiger partial charge in [0.2, 0.25) is 5.91 Å². The van der Waals surface area contributed by atoms with Crippen molar-refractivity contribution in [1.82, 2.24) is 10.2 Å². The number of thiophene rings is 1. The highest BCUT2D eigenvalue weighted by atomic mass is 32.2. The summed E-state index contributed by atoms with van der Waals surface area (Å²) in [6, 6.07) is 2.38. The van der Waals surface area contributed by atoms with E-state index in [1.54, 1.807) is 11.3 Å². The van der Waals surface area contributed by atoms with E-state index in [0.717, 1.165) is 18.6 Å². The summed E-state index contributed by atoms with van der Waals surface area (Å²) in [6.45, 7) is 6.26. The Hall–Kier alpha value is -0.520. The van der Waals surface area contributed by atoms with Gasteiger partial charge >= 0.3 is 0 Å². The van der Waals surface area contributed by atoms with Gasteiger partial charge in [0.05, 0.1) is 5.54 Å². The molecule has 0 spiro atoms. The predicted molar refractivity (Wildman–Crippen MR) is 88.2 cm³/mol. The first kappa shape index (κ1) is 15.9. The van der Waals surface area contributed by atoms with E-state index in [4.69, 9.17) is 0 Å². The summed E-state index contributed by atoms with van der Waals surface area (Å²) in [5.74, 6) is 1.33. The van der Waals surface area contributed by atoms with Gasteiger partial charge in [-0.2, -0.15) is 23.1 Å². The first-order chi connectivity index (χ1) is 9.53. The van der Waals surface area contributed by atoms with E-state index in [1.807, 2.05) is 18.7 Å². The van der Waals surface area contributed by atoms with Crippen LogP contribution in [0, 0.1) is 0 Å². The van der Waals surface area contributed by atoms with Gasteiger partial charge in [0.25, 0.3) is 0 Å². The molecule has 1 saturated heterocycles. The fourth-order valence-electron chi connectivity index (χ4n) is 2.65. The van der Waals surface area contributed by atoms with Crippen LogP contribution in [0.3, 0.4) is 0 Å². The van der Waals surface area contributed by atoms with E-state index in [2.05, 4.69) is 47.1 Å².